The molecule has 1 spiro atoms. The maximum atomic E-state index is 11.9. The van der Waals surface area contributed by atoms with Crippen LogP contribution < -0.4 is 0 Å². The van der Waals surface area contributed by atoms with Gasteiger partial charge in [-0.25, -0.2) is 0 Å². The summed E-state index contributed by atoms with van der Waals surface area (Å²) in [6.45, 7) is 0. The number of hydrogen-bond acceptors (Lipinski definition) is 2. The number of hydrogen-bond donors (Lipinski definition) is 0. The largest absolute Gasteiger partial charge is 0.277 e. The average molecular weight is 408 g/mol. The highest BCUT2D eigenvalue weighted by molar-refractivity contribution is 5.91. The number of fused-ring (bicyclic) bond motifs is 3. The fourth-order valence-electron chi connectivity index (χ4n) is 8.30. The molecule has 0 atom stereocenters. The second-order valence-corrected chi connectivity index (χ2v) is 10.2. The van der Waals surface area contributed by atoms with Gasteiger partial charge in [-0.2, -0.15) is 0 Å². The second kappa shape index (κ2) is 6.06. The molecular formula is C28H25NO2. The molecule has 0 saturated heterocycles. The molecule has 8 rings (SSSR count). The molecule has 154 valence electrons. The molecule has 0 aliphatic heterocycles. The van der Waals surface area contributed by atoms with Crippen LogP contribution >= 0.6 is 0 Å². The first kappa shape index (κ1) is 17.7. The van der Waals surface area contributed by atoms with Crippen LogP contribution in [0.4, 0.5) is 5.69 Å². The van der Waals surface area contributed by atoms with E-state index in [2.05, 4.69) is 42.5 Å². The highest BCUT2D eigenvalue weighted by atomic mass is 16.6. The van der Waals surface area contributed by atoms with E-state index < -0.39 is 0 Å². The fourth-order valence-corrected chi connectivity index (χ4v) is 8.30. The minimum absolute atomic E-state index is 0.0135. The molecule has 0 N–H and O–H groups in total. The first-order chi connectivity index (χ1) is 15.2. The molecule has 4 bridgehead atoms. The van der Waals surface area contributed by atoms with Crippen molar-refractivity contribution >= 4 is 5.69 Å². The number of para-hydroxylation sites is 1. The van der Waals surface area contributed by atoms with Gasteiger partial charge in [0.05, 0.1) is 10.5 Å². The quantitative estimate of drug-likeness (QED) is 0.339. The SMILES string of the molecule is O=[N+]([O-])c1ccccc1-c1cccc2c1C1(c3ccccc3-2)C2CC3CC(C2)CC1C3. The molecule has 31 heavy (non-hydrogen) atoms. The van der Waals surface area contributed by atoms with E-state index in [1.165, 1.54) is 54.4 Å². The van der Waals surface area contributed by atoms with E-state index in [1.807, 2.05) is 12.1 Å². The average Bonchev–Trinajstić information content (AvgIpc) is 3.08. The van der Waals surface area contributed by atoms with Crippen molar-refractivity contribution in [3.8, 4) is 22.3 Å². The van der Waals surface area contributed by atoms with Crippen molar-refractivity contribution in [1.29, 1.82) is 0 Å². The lowest BCUT2D eigenvalue weighted by Gasteiger charge is -2.61. The van der Waals surface area contributed by atoms with Crippen molar-refractivity contribution in [1.82, 2.24) is 0 Å². The van der Waals surface area contributed by atoms with Crippen molar-refractivity contribution in [2.45, 2.75) is 37.5 Å². The number of rotatable bonds is 2. The Morgan fingerprint density at radius 1 is 0.677 bits per heavy atom. The Hall–Kier alpha value is -2.94. The monoisotopic (exact) mass is 407 g/mol. The van der Waals surface area contributed by atoms with Gasteiger partial charge >= 0.3 is 0 Å². The van der Waals surface area contributed by atoms with Gasteiger partial charge in [-0.3, -0.25) is 10.1 Å². The summed E-state index contributed by atoms with van der Waals surface area (Å²) in [6, 6.07) is 22.8. The summed E-state index contributed by atoms with van der Waals surface area (Å²) >= 11 is 0. The highest BCUT2D eigenvalue weighted by Crippen LogP contribution is 2.70. The summed E-state index contributed by atoms with van der Waals surface area (Å²) in [4.78, 5) is 11.7. The zero-order valence-corrected chi connectivity index (χ0v) is 17.5. The van der Waals surface area contributed by atoms with Crippen molar-refractivity contribution in [2.75, 3.05) is 0 Å². The molecule has 5 aliphatic rings. The molecule has 0 radical (unpaired) electrons. The molecule has 3 aromatic rings. The maximum Gasteiger partial charge on any atom is 0.277 e. The molecule has 0 heterocycles. The maximum absolute atomic E-state index is 11.9. The summed E-state index contributed by atoms with van der Waals surface area (Å²) in [5.74, 6) is 3.05. The minimum Gasteiger partial charge on any atom is -0.258 e. The molecule has 4 fully saturated rings. The number of nitrogens with zero attached hydrogens (tertiary/aromatic N) is 1. The van der Waals surface area contributed by atoms with Gasteiger partial charge in [-0.15, -0.1) is 0 Å². The van der Waals surface area contributed by atoms with Gasteiger partial charge in [-0.05, 0) is 89.7 Å². The summed E-state index contributed by atoms with van der Waals surface area (Å²) < 4.78 is 0. The molecular weight excluding hydrogens is 382 g/mol. The predicted molar refractivity (Wildman–Crippen MR) is 122 cm³/mol. The highest BCUT2D eigenvalue weighted by Gasteiger charge is 2.62. The topological polar surface area (TPSA) is 43.1 Å². The van der Waals surface area contributed by atoms with Crippen LogP contribution in [0.1, 0.15) is 43.2 Å². The predicted octanol–water partition coefficient (Wildman–Crippen LogP) is 6.98. The van der Waals surface area contributed by atoms with Gasteiger partial charge < -0.3 is 0 Å². The number of benzene rings is 3. The van der Waals surface area contributed by atoms with Crippen LogP contribution in [0, 0.1) is 33.8 Å². The summed E-state index contributed by atoms with van der Waals surface area (Å²) in [5, 5.41) is 11.9. The van der Waals surface area contributed by atoms with E-state index >= 15 is 0 Å². The van der Waals surface area contributed by atoms with Gasteiger partial charge in [0.2, 0.25) is 0 Å². The summed E-state index contributed by atoms with van der Waals surface area (Å²) in [7, 11) is 0. The Kier molecular flexibility index (Phi) is 3.46. The Balaban J connectivity index is 1.57. The van der Waals surface area contributed by atoms with Gasteiger partial charge in [0.25, 0.3) is 5.69 Å². The van der Waals surface area contributed by atoms with Crippen LogP contribution in [-0.4, -0.2) is 4.92 Å². The lowest BCUT2D eigenvalue weighted by atomic mass is 9.42. The van der Waals surface area contributed by atoms with Gasteiger partial charge in [0.15, 0.2) is 0 Å². The molecule has 5 aliphatic carbocycles. The Bertz CT molecular complexity index is 1220. The molecule has 3 aromatic carbocycles. The Morgan fingerprint density at radius 3 is 1.90 bits per heavy atom. The smallest absolute Gasteiger partial charge is 0.258 e. The molecule has 0 aromatic heterocycles. The molecule has 3 heteroatoms. The molecule has 3 nitrogen and oxygen atoms in total. The van der Waals surface area contributed by atoms with Crippen molar-refractivity contribution in [3.05, 3.63) is 88.0 Å². The van der Waals surface area contributed by atoms with Crippen LogP contribution in [0.3, 0.4) is 0 Å². The lowest BCUT2D eigenvalue weighted by Crippen LogP contribution is -2.55. The summed E-state index contributed by atoms with van der Waals surface area (Å²) in [6.07, 6.45) is 6.67. The van der Waals surface area contributed by atoms with Crippen LogP contribution in [0.2, 0.25) is 0 Å². The van der Waals surface area contributed by atoms with E-state index in [9.17, 15) is 10.1 Å². The normalized spacial score (nSPS) is 31.6. The standard InChI is InChI=1S/C28H25NO2/c30-29(31)26-11-4-2-7-22(26)24-9-5-8-23-21-6-1-3-10-25(21)28(27(23)24)19-13-17-12-18(15-19)16-20(28)14-17/h1-11,17-20H,12-16H2. The first-order valence-electron chi connectivity index (χ1n) is 11.6. The number of nitro groups is 1. The third kappa shape index (κ3) is 2.14. The van der Waals surface area contributed by atoms with E-state index in [0.717, 1.165) is 23.0 Å². The van der Waals surface area contributed by atoms with E-state index in [-0.39, 0.29) is 16.0 Å². The van der Waals surface area contributed by atoms with Crippen LogP contribution in [0.15, 0.2) is 66.7 Å². The van der Waals surface area contributed by atoms with Gasteiger partial charge in [0, 0.05) is 11.5 Å². The molecule has 0 amide bonds. The second-order valence-electron chi connectivity index (χ2n) is 10.2. The van der Waals surface area contributed by atoms with Gasteiger partial charge in [0.1, 0.15) is 0 Å². The fraction of sp³-hybridized carbons (Fsp3) is 0.357. The van der Waals surface area contributed by atoms with E-state index in [0.29, 0.717) is 11.8 Å². The third-order valence-electron chi connectivity index (χ3n) is 8.96. The van der Waals surface area contributed by atoms with Crippen LogP contribution in [0.5, 0.6) is 0 Å². The van der Waals surface area contributed by atoms with Gasteiger partial charge in [-0.1, -0.05) is 54.6 Å². The van der Waals surface area contributed by atoms with Crippen molar-refractivity contribution < 1.29 is 4.92 Å². The Labute approximate surface area is 182 Å². The third-order valence-corrected chi connectivity index (χ3v) is 8.96. The van der Waals surface area contributed by atoms with Crippen LogP contribution in [-0.2, 0) is 5.41 Å². The zero-order chi connectivity index (χ0) is 20.7. The van der Waals surface area contributed by atoms with Crippen molar-refractivity contribution in [2.24, 2.45) is 23.7 Å². The zero-order valence-electron chi connectivity index (χ0n) is 17.5. The number of nitro benzene ring substituents is 1. The van der Waals surface area contributed by atoms with Crippen molar-refractivity contribution in [3.63, 3.8) is 0 Å². The first-order valence-corrected chi connectivity index (χ1v) is 11.6. The molecule has 4 saturated carbocycles. The molecule has 0 unspecified atom stereocenters. The van der Waals surface area contributed by atoms with Crippen LogP contribution in [0.25, 0.3) is 22.3 Å². The lowest BCUT2D eigenvalue weighted by molar-refractivity contribution is -0.384. The Morgan fingerprint density at radius 2 is 1.23 bits per heavy atom. The minimum atomic E-state index is -0.222. The van der Waals surface area contributed by atoms with E-state index in [4.69, 9.17) is 0 Å². The van der Waals surface area contributed by atoms with E-state index in [1.54, 1.807) is 12.1 Å². The summed E-state index contributed by atoms with van der Waals surface area (Å²) in [5.41, 5.74) is 7.61.